The Balaban J connectivity index is 1.75. The number of rotatable bonds is 7. The van der Waals surface area contributed by atoms with E-state index in [0.29, 0.717) is 11.8 Å². The molecule has 0 saturated heterocycles. The highest BCUT2D eigenvalue weighted by Crippen LogP contribution is 2.27. The van der Waals surface area contributed by atoms with E-state index >= 15 is 0 Å². The zero-order chi connectivity index (χ0) is 15.1. The lowest BCUT2D eigenvalue weighted by Crippen LogP contribution is -1.90. The molecule has 2 aromatic rings. The Morgan fingerprint density at radius 1 is 1.38 bits per heavy atom. The third-order valence-electron chi connectivity index (χ3n) is 2.95. The van der Waals surface area contributed by atoms with Crippen LogP contribution >= 0.6 is 11.8 Å². The molecule has 0 N–H and O–H groups in total. The predicted octanol–water partition coefficient (Wildman–Crippen LogP) is 4.28. The van der Waals surface area contributed by atoms with Gasteiger partial charge in [-0.3, -0.25) is 0 Å². The Morgan fingerprint density at radius 2 is 2.24 bits per heavy atom. The van der Waals surface area contributed by atoms with E-state index in [1.807, 2.05) is 36.9 Å². The average Bonchev–Trinajstić information content (AvgIpc) is 2.93. The number of hydrogen-bond acceptors (Lipinski definition) is 5. The molecule has 1 aromatic heterocycles. The van der Waals surface area contributed by atoms with Crippen LogP contribution in [0.4, 0.5) is 0 Å². The molecule has 4 nitrogen and oxygen atoms in total. The SMILES string of the molecule is COc1cccc(/C=C/CCSC(C)c2nnc(C)o2)c1. The quantitative estimate of drug-likeness (QED) is 0.714. The summed E-state index contributed by atoms with van der Waals surface area (Å²) in [6.45, 7) is 3.90. The van der Waals surface area contributed by atoms with E-state index in [4.69, 9.17) is 9.15 Å². The van der Waals surface area contributed by atoms with E-state index < -0.39 is 0 Å². The van der Waals surface area contributed by atoms with Crippen LogP contribution in [0.5, 0.6) is 5.75 Å². The van der Waals surface area contributed by atoms with E-state index in [1.54, 1.807) is 7.11 Å². The third-order valence-corrected chi connectivity index (χ3v) is 4.12. The number of ether oxygens (including phenoxy) is 1. The Bertz CT molecular complexity index is 595. The first-order valence-electron chi connectivity index (χ1n) is 6.91. The van der Waals surface area contributed by atoms with E-state index in [9.17, 15) is 0 Å². The van der Waals surface area contributed by atoms with Gasteiger partial charge in [-0.2, -0.15) is 0 Å². The van der Waals surface area contributed by atoms with E-state index in [2.05, 4.69) is 35.3 Å². The van der Waals surface area contributed by atoms with Crippen LogP contribution in [0.2, 0.25) is 0 Å². The van der Waals surface area contributed by atoms with Gasteiger partial charge in [0.2, 0.25) is 11.8 Å². The molecule has 0 radical (unpaired) electrons. The van der Waals surface area contributed by atoms with Crippen LogP contribution in [-0.4, -0.2) is 23.1 Å². The highest BCUT2D eigenvalue weighted by molar-refractivity contribution is 7.99. The predicted molar refractivity (Wildman–Crippen MR) is 86.6 cm³/mol. The summed E-state index contributed by atoms with van der Waals surface area (Å²) in [5.41, 5.74) is 1.15. The van der Waals surface area contributed by atoms with E-state index in [1.165, 1.54) is 0 Å². The van der Waals surface area contributed by atoms with Crippen LogP contribution in [0.15, 0.2) is 34.8 Å². The first-order chi connectivity index (χ1) is 10.2. The molecule has 1 unspecified atom stereocenters. The molecular weight excluding hydrogens is 284 g/mol. The lowest BCUT2D eigenvalue weighted by Gasteiger charge is -2.04. The second-order valence-electron chi connectivity index (χ2n) is 4.64. The lowest BCUT2D eigenvalue weighted by atomic mass is 10.2. The Labute approximate surface area is 129 Å². The van der Waals surface area contributed by atoms with Crippen molar-refractivity contribution in [1.82, 2.24) is 10.2 Å². The van der Waals surface area contributed by atoms with E-state index in [-0.39, 0.29) is 5.25 Å². The van der Waals surface area contributed by atoms with Crippen molar-refractivity contribution in [2.45, 2.75) is 25.5 Å². The third kappa shape index (κ3) is 4.93. The maximum Gasteiger partial charge on any atom is 0.229 e. The number of aromatic nitrogens is 2. The molecule has 0 aliphatic heterocycles. The fourth-order valence-electron chi connectivity index (χ4n) is 1.82. The molecule has 0 bridgehead atoms. The second-order valence-corrected chi connectivity index (χ2v) is 6.09. The summed E-state index contributed by atoms with van der Waals surface area (Å²) >= 11 is 1.81. The molecule has 21 heavy (non-hydrogen) atoms. The van der Waals surface area contributed by atoms with Crippen molar-refractivity contribution in [2.24, 2.45) is 0 Å². The van der Waals surface area contributed by atoms with Crippen molar-refractivity contribution in [1.29, 1.82) is 0 Å². The normalized spacial score (nSPS) is 12.7. The van der Waals surface area contributed by atoms with Gasteiger partial charge in [-0.15, -0.1) is 22.0 Å². The van der Waals surface area contributed by atoms with Gasteiger partial charge >= 0.3 is 0 Å². The van der Waals surface area contributed by atoms with Crippen LogP contribution in [0.1, 0.15) is 35.9 Å². The van der Waals surface area contributed by atoms with Gasteiger partial charge < -0.3 is 9.15 Å². The van der Waals surface area contributed by atoms with Crippen molar-refractivity contribution >= 4 is 17.8 Å². The van der Waals surface area contributed by atoms with Crippen LogP contribution in [0.25, 0.3) is 6.08 Å². The fraction of sp³-hybridized carbons (Fsp3) is 0.375. The smallest absolute Gasteiger partial charge is 0.229 e. The molecule has 5 heteroatoms. The first kappa shape index (κ1) is 15.6. The Hall–Kier alpha value is -1.75. The van der Waals surface area contributed by atoms with Gasteiger partial charge in [-0.25, -0.2) is 0 Å². The van der Waals surface area contributed by atoms with Gasteiger partial charge in [-0.05, 0) is 36.8 Å². The van der Waals surface area contributed by atoms with Gasteiger partial charge in [-0.1, -0.05) is 24.3 Å². The average molecular weight is 304 g/mol. The monoisotopic (exact) mass is 304 g/mol. The number of thioether (sulfide) groups is 1. The maximum absolute atomic E-state index is 5.42. The summed E-state index contributed by atoms with van der Waals surface area (Å²) in [7, 11) is 1.68. The van der Waals surface area contributed by atoms with Crippen LogP contribution in [0.3, 0.4) is 0 Å². The minimum atomic E-state index is 0.233. The summed E-state index contributed by atoms with van der Waals surface area (Å²) < 4.78 is 10.6. The summed E-state index contributed by atoms with van der Waals surface area (Å²) in [4.78, 5) is 0. The van der Waals surface area contributed by atoms with Crippen molar-refractivity contribution in [3.8, 4) is 5.75 Å². The second kappa shape index (κ2) is 7.88. The summed E-state index contributed by atoms with van der Waals surface area (Å²) in [6, 6.07) is 8.03. The summed E-state index contributed by atoms with van der Waals surface area (Å²) in [5.74, 6) is 3.22. The largest absolute Gasteiger partial charge is 0.497 e. The number of allylic oxidation sites excluding steroid dienone is 1. The minimum Gasteiger partial charge on any atom is -0.497 e. The molecule has 0 spiro atoms. The van der Waals surface area contributed by atoms with E-state index in [0.717, 1.165) is 23.5 Å². The summed E-state index contributed by atoms with van der Waals surface area (Å²) in [5, 5.41) is 8.13. The molecule has 0 amide bonds. The molecule has 0 aliphatic carbocycles. The molecular formula is C16H20N2O2S. The number of nitrogens with zero attached hydrogens (tertiary/aromatic N) is 2. The highest BCUT2D eigenvalue weighted by Gasteiger charge is 2.11. The molecule has 2 rings (SSSR count). The molecule has 0 aliphatic rings. The molecule has 112 valence electrons. The van der Waals surface area contributed by atoms with Crippen molar-refractivity contribution in [3.05, 3.63) is 47.7 Å². The Morgan fingerprint density at radius 3 is 2.95 bits per heavy atom. The van der Waals surface area contributed by atoms with Gasteiger partial charge in [0.25, 0.3) is 0 Å². The van der Waals surface area contributed by atoms with Crippen LogP contribution < -0.4 is 4.74 Å². The molecule has 1 atom stereocenters. The van der Waals surface area contributed by atoms with Gasteiger partial charge in [0.15, 0.2) is 0 Å². The first-order valence-corrected chi connectivity index (χ1v) is 7.96. The topological polar surface area (TPSA) is 48.2 Å². The number of benzene rings is 1. The van der Waals surface area contributed by atoms with Crippen molar-refractivity contribution < 1.29 is 9.15 Å². The molecule has 0 fully saturated rings. The number of hydrogen-bond donors (Lipinski definition) is 0. The standard InChI is InChI=1S/C16H20N2O2S/c1-12(16-18-17-13(2)20-16)21-10-5-4-7-14-8-6-9-15(11-14)19-3/h4,6-9,11-12H,5,10H2,1-3H3/b7-4+. The zero-order valence-electron chi connectivity index (χ0n) is 12.6. The summed E-state index contributed by atoms with van der Waals surface area (Å²) in [6.07, 6.45) is 5.29. The molecule has 1 heterocycles. The number of methoxy groups -OCH3 is 1. The van der Waals surface area contributed by atoms with Crippen LogP contribution in [0, 0.1) is 6.92 Å². The zero-order valence-corrected chi connectivity index (χ0v) is 13.4. The highest BCUT2D eigenvalue weighted by atomic mass is 32.2. The molecule has 1 aromatic carbocycles. The minimum absolute atomic E-state index is 0.233. The molecule has 0 saturated carbocycles. The van der Waals surface area contributed by atoms with Crippen molar-refractivity contribution in [3.63, 3.8) is 0 Å². The van der Waals surface area contributed by atoms with Gasteiger partial charge in [0, 0.05) is 6.92 Å². The van der Waals surface area contributed by atoms with Gasteiger partial charge in [0.1, 0.15) is 5.75 Å². The number of aryl methyl sites for hydroxylation is 1. The Kier molecular flexibility index (Phi) is 5.87. The van der Waals surface area contributed by atoms with Crippen molar-refractivity contribution in [2.75, 3.05) is 12.9 Å². The lowest BCUT2D eigenvalue weighted by molar-refractivity contribution is 0.414. The van der Waals surface area contributed by atoms with Crippen LogP contribution in [-0.2, 0) is 0 Å². The maximum atomic E-state index is 5.42. The fourth-order valence-corrected chi connectivity index (χ4v) is 2.69. The van der Waals surface area contributed by atoms with Gasteiger partial charge in [0.05, 0.1) is 12.4 Å².